The lowest BCUT2D eigenvalue weighted by atomic mass is 9.95. The first-order chi connectivity index (χ1) is 15.9. The number of amides is 1. The molecule has 0 spiro atoms. The summed E-state index contributed by atoms with van der Waals surface area (Å²) in [4.78, 5) is 22.9. The number of carboxylic acids is 1. The van der Waals surface area contributed by atoms with Crippen LogP contribution in [0.3, 0.4) is 0 Å². The Labute approximate surface area is 197 Å². The first kappa shape index (κ1) is 29.6. The molecule has 0 saturated carbocycles. The van der Waals surface area contributed by atoms with Gasteiger partial charge in [-0.25, -0.2) is 13.2 Å². The second kappa shape index (κ2) is 11.2. The number of rotatable bonds is 9. The number of carbonyl (C=O) groups excluding carboxylic acids is 1. The highest BCUT2D eigenvalue weighted by Gasteiger charge is 2.54. The third-order valence-electron chi connectivity index (χ3n) is 4.75. The minimum Gasteiger partial charge on any atom is -0.479 e. The molecular weight excluding hydrogens is 534 g/mol. The lowest BCUT2D eigenvalue weighted by Crippen LogP contribution is -2.68. The lowest BCUT2D eigenvalue weighted by Gasteiger charge is -2.46. The van der Waals surface area contributed by atoms with E-state index in [4.69, 9.17) is 28.4 Å². The highest BCUT2D eigenvalue weighted by molar-refractivity contribution is 7.81. The molecule has 2 heterocycles. The monoisotopic (exact) mass is 557 g/mol. The van der Waals surface area contributed by atoms with E-state index in [1.165, 1.54) is 0 Å². The molecule has 2 aliphatic rings. The van der Waals surface area contributed by atoms with E-state index in [-0.39, 0.29) is 0 Å². The van der Waals surface area contributed by atoms with Gasteiger partial charge in [0.1, 0.15) is 42.7 Å². The number of aliphatic hydroxyl groups excluding tert-OH is 4. The highest BCUT2D eigenvalue weighted by Crippen LogP contribution is 2.31. The maximum Gasteiger partial charge on any atom is 0.397 e. The summed E-state index contributed by atoms with van der Waals surface area (Å²) in [5.74, 6) is -2.69. The molecule has 0 aromatic rings. The summed E-state index contributed by atoms with van der Waals surface area (Å²) in [6.07, 6.45) is -19.3. The zero-order valence-electron chi connectivity index (χ0n) is 17.4. The molecule has 0 bridgehead atoms. The fourth-order valence-electron chi connectivity index (χ4n) is 3.33. The first-order valence-corrected chi connectivity index (χ1v) is 12.1. The number of carboxylic acid groups (broad SMARTS) is 1. The van der Waals surface area contributed by atoms with Crippen LogP contribution in [0.5, 0.6) is 0 Å². The fourth-order valence-corrected chi connectivity index (χ4v) is 4.15. The SMILES string of the molecule is CC(=O)N[C@@H]1[C@@H](O[C@@H]2O[C@@H](C(=O)O)[C@@H](O)[C@H](O)[C@H]2O)[C@@H](OS(=O)(=O)O)[C@@H](COS(=O)(=O)O)O[C@H]1O. The number of hydrogen-bond acceptors (Lipinski definition) is 15. The van der Waals surface area contributed by atoms with E-state index < -0.39 is 101 Å². The van der Waals surface area contributed by atoms with Crippen molar-refractivity contribution in [1.82, 2.24) is 5.32 Å². The van der Waals surface area contributed by atoms with Crippen molar-refractivity contribution in [2.75, 3.05) is 6.61 Å². The predicted molar refractivity (Wildman–Crippen MR) is 102 cm³/mol. The summed E-state index contributed by atoms with van der Waals surface area (Å²) >= 11 is 0. The van der Waals surface area contributed by atoms with E-state index in [9.17, 15) is 46.9 Å². The van der Waals surface area contributed by atoms with E-state index in [2.05, 4.69) is 13.7 Å². The van der Waals surface area contributed by atoms with Gasteiger partial charge in [-0.05, 0) is 0 Å². The van der Waals surface area contributed by atoms with Gasteiger partial charge in [-0.3, -0.25) is 13.9 Å². The van der Waals surface area contributed by atoms with Crippen molar-refractivity contribution in [2.45, 2.75) is 68.3 Å². The van der Waals surface area contributed by atoms with Crippen LogP contribution in [0, 0.1) is 0 Å². The van der Waals surface area contributed by atoms with E-state index in [0.29, 0.717) is 0 Å². The molecule has 35 heavy (non-hydrogen) atoms. The summed E-state index contributed by atoms with van der Waals surface area (Å²) in [6.45, 7) is -0.321. The van der Waals surface area contributed by atoms with Gasteiger partial charge in [0.2, 0.25) is 5.91 Å². The van der Waals surface area contributed by atoms with E-state index in [1.54, 1.807) is 0 Å². The van der Waals surface area contributed by atoms with Gasteiger partial charge in [-0.1, -0.05) is 0 Å². The fraction of sp³-hybridized carbons (Fsp3) is 0.857. The van der Waals surface area contributed by atoms with E-state index in [0.717, 1.165) is 6.92 Å². The highest BCUT2D eigenvalue weighted by atomic mass is 32.3. The predicted octanol–water partition coefficient (Wildman–Crippen LogP) is -5.51. The van der Waals surface area contributed by atoms with Crippen molar-refractivity contribution in [3.8, 4) is 0 Å². The van der Waals surface area contributed by atoms with Gasteiger partial charge in [0, 0.05) is 6.92 Å². The molecule has 1 amide bonds. The molecule has 204 valence electrons. The Kier molecular flexibility index (Phi) is 9.48. The average Bonchev–Trinajstić information content (AvgIpc) is 2.69. The second-order valence-corrected chi connectivity index (χ2v) is 9.47. The van der Waals surface area contributed by atoms with Crippen LogP contribution in [-0.4, -0.2) is 131 Å². The molecule has 19 nitrogen and oxygen atoms in total. The van der Waals surface area contributed by atoms with Crippen molar-refractivity contribution >= 4 is 32.7 Å². The molecule has 2 saturated heterocycles. The zero-order valence-corrected chi connectivity index (χ0v) is 19.1. The maximum absolute atomic E-state index is 11.6. The van der Waals surface area contributed by atoms with Gasteiger partial charge in [0.25, 0.3) is 0 Å². The quantitative estimate of drug-likeness (QED) is 0.123. The van der Waals surface area contributed by atoms with Gasteiger partial charge >= 0.3 is 26.8 Å². The summed E-state index contributed by atoms with van der Waals surface area (Å²) in [7, 11) is -10.6. The van der Waals surface area contributed by atoms with Crippen molar-refractivity contribution < 1.29 is 83.6 Å². The Bertz CT molecular complexity index is 985. The Morgan fingerprint density at radius 2 is 1.51 bits per heavy atom. The van der Waals surface area contributed by atoms with Gasteiger partial charge < -0.3 is 45.1 Å². The van der Waals surface area contributed by atoms with Gasteiger partial charge in [-0.2, -0.15) is 16.8 Å². The van der Waals surface area contributed by atoms with Crippen LogP contribution in [0.1, 0.15) is 6.92 Å². The molecule has 0 aliphatic carbocycles. The van der Waals surface area contributed by atoms with E-state index in [1.807, 2.05) is 0 Å². The first-order valence-electron chi connectivity index (χ1n) is 9.37. The summed E-state index contributed by atoms with van der Waals surface area (Å²) < 4.78 is 86.3. The lowest BCUT2D eigenvalue weighted by molar-refractivity contribution is -0.334. The molecule has 0 aromatic carbocycles. The van der Waals surface area contributed by atoms with Crippen molar-refractivity contribution in [3.63, 3.8) is 0 Å². The molecular formula is C14H23NO18S2. The van der Waals surface area contributed by atoms with Crippen molar-refractivity contribution in [1.29, 1.82) is 0 Å². The van der Waals surface area contributed by atoms with Gasteiger partial charge in [0.15, 0.2) is 18.7 Å². The molecule has 2 fully saturated rings. The minimum atomic E-state index is -5.42. The van der Waals surface area contributed by atoms with Crippen LogP contribution in [0.2, 0.25) is 0 Å². The number of hydrogen-bond donors (Lipinski definition) is 8. The third kappa shape index (κ3) is 7.94. The summed E-state index contributed by atoms with van der Waals surface area (Å²) in [5, 5.41) is 51.5. The Hall–Kier alpha value is -1.60. The Morgan fingerprint density at radius 1 is 0.914 bits per heavy atom. The number of aliphatic carboxylic acids is 1. The molecule has 0 unspecified atom stereocenters. The van der Waals surface area contributed by atoms with Gasteiger partial charge in [0.05, 0.1) is 6.61 Å². The smallest absolute Gasteiger partial charge is 0.397 e. The molecule has 21 heteroatoms. The van der Waals surface area contributed by atoms with Crippen LogP contribution >= 0.6 is 0 Å². The van der Waals surface area contributed by atoms with Crippen molar-refractivity contribution in [2.24, 2.45) is 0 Å². The maximum atomic E-state index is 11.6. The van der Waals surface area contributed by atoms with Crippen LogP contribution in [-0.2, 0) is 53.0 Å². The van der Waals surface area contributed by atoms with Gasteiger partial charge in [-0.15, -0.1) is 0 Å². The largest absolute Gasteiger partial charge is 0.479 e. The number of nitrogens with one attached hydrogen (secondary N) is 1. The number of ether oxygens (including phenoxy) is 3. The van der Waals surface area contributed by atoms with Crippen LogP contribution in [0.25, 0.3) is 0 Å². The summed E-state index contributed by atoms with van der Waals surface area (Å²) in [6, 6.07) is -1.82. The molecule has 0 aromatic heterocycles. The average molecular weight is 557 g/mol. The molecule has 8 N–H and O–H groups in total. The Balaban J connectivity index is 2.48. The zero-order chi connectivity index (χ0) is 26.9. The molecule has 2 rings (SSSR count). The molecule has 10 atom stereocenters. The topological polar surface area (TPSA) is 302 Å². The van der Waals surface area contributed by atoms with Crippen LogP contribution in [0.4, 0.5) is 0 Å². The third-order valence-corrected chi connectivity index (χ3v) is 5.65. The Morgan fingerprint density at radius 3 is 2.00 bits per heavy atom. The second-order valence-electron chi connectivity index (χ2n) is 7.33. The number of carbonyl (C=O) groups is 2. The molecule has 2 aliphatic heterocycles. The van der Waals surface area contributed by atoms with E-state index >= 15 is 0 Å². The van der Waals surface area contributed by atoms with Crippen LogP contribution in [0.15, 0.2) is 0 Å². The normalized spacial score (nSPS) is 38.6. The molecule has 0 radical (unpaired) electrons. The standard InChI is InChI=1S/C14H23NO18S2/c1-3(16)15-5-10(31-14-8(19)6(17)7(18)11(32-14)12(20)21)9(33-35(26,27)28)4(30-13(5)22)2-29-34(23,24)25/h4-11,13-14,17-19,22H,2H2,1H3,(H,15,16)(H,20,21)(H,23,24,25)(H,26,27,28)/t4-,5-,6+,7+,8-,9+,10-,11-,13-,14-/m1/s1. The summed E-state index contributed by atoms with van der Waals surface area (Å²) in [5.41, 5.74) is 0. The van der Waals surface area contributed by atoms with Crippen molar-refractivity contribution in [3.05, 3.63) is 0 Å². The number of aliphatic hydroxyl groups is 4. The minimum absolute atomic E-state index is 0.881. The van der Waals surface area contributed by atoms with Crippen LogP contribution < -0.4 is 5.32 Å².